The maximum absolute atomic E-state index is 6.41. The Labute approximate surface area is 117 Å². The molecule has 3 rings (SSSR count). The Morgan fingerprint density at radius 3 is 3.11 bits per heavy atom. The van der Waals surface area contributed by atoms with Gasteiger partial charge >= 0.3 is 0 Å². The second-order valence-electron chi connectivity index (χ2n) is 4.67. The zero-order valence-corrected chi connectivity index (χ0v) is 11.5. The average Bonchev–Trinajstić information content (AvgIpc) is 3.01. The molecule has 2 aromatic rings. The van der Waals surface area contributed by atoms with Crippen LogP contribution in [-0.4, -0.2) is 16.4 Å². The van der Waals surface area contributed by atoms with Gasteiger partial charge in [-0.2, -0.15) is 5.10 Å². The number of ether oxygens (including phenoxy) is 1. The van der Waals surface area contributed by atoms with Crippen molar-refractivity contribution in [2.75, 3.05) is 6.61 Å². The van der Waals surface area contributed by atoms with Crippen molar-refractivity contribution in [3.8, 4) is 5.75 Å². The summed E-state index contributed by atoms with van der Waals surface area (Å²) in [6, 6.07) is 7.80. The Morgan fingerprint density at radius 1 is 1.53 bits per heavy atom. The zero-order valence-electron chi connectivity index (χ0n) is 10.7. The molecule has 0 aliphatic carbocycles. The van der Waals surface area contributed by atoms with Crippen LogP contribution in [0.5, 0.6) is 5.75 Å². The Balaban J connectivity index is 1.97. The van der Waals surface area contributed by atoms with Crippen molar-refractivity contribution in [1.82, 2.24) is 9.78 Å². The van der Waals surface area contributed by atoms with Crippen LogP contribution in [0.15, 0.2) is 30.5 Å². The molecule has 1 aromatic carbocycles. The summed E-state index contributed by atoms with van der Waals surface area (Å²) in [5.74, 6) is 1.04. The number of nitrogens with two attached hydrogens (primary N) is 1. The fourth-order valence-electron chi connectivity index (χ4n) is 2.63. The molecule has 5 heteroatoms. The van der Waals surface area contributed by atoms with Crippen LogP contribution in [0.3, 0.4) is 0 Å². The molecule has 1 aliphatic heterocycles. The summed E-state index contributed by atoms with van der Waals surface area (Å²) in [4.78, 5) is 0. The molecule has 2 unspecified atom stereocenters. The van der Waals surface area contributed by atoms with Crippen molar-refractivity contribution in [2.24, 2.45) is 5.73 Å². The van der Waals surface area contributed by atoms with Gasteiger partial charge in [-0.05, 0) is 13.0 Å². The van der Waals surface area contributed by atoms with Crippen molar-refractivity contribution in [3.05, 3.63) is 46.7 Å². The quantitative estimate of drug-likeness (QED) is 0.938. The van der Waals surface area contributed by atoms with Gasteiger partial charge in [-0.15, -0.1) is 0 Å². The Bertz CT molecular complexity index is 596. The monoisotopic (exact) mass is 277 g/mol. The van der Waals surface area contributed by atoms with Crippen molar-refractivity contribution in [3.63, 3.8) is 0 Å². The highest BCUT2D eigenvalue weighted by Gasteiger charge is 2.32. The molecule has 19 heavy (non-hydrogen) atoms. The third-order valence-corrected chi connectivity index (χ3v) is 3.91. The number of benzene rings is 1. The smallest absolute Gasteiger partial charge is 0.122 e. The summed E-state index contributed by atoms with van der Waals surface area (Å²) in [6.07, 6.45) is 1.65. The fraction of sp³-hybridized carbons (Fsp3) is 0.357. The third-order valence-electron chi connectivity index (χ3n) is 3.62. The number of rotatable bonds is 3. The number of aromatic nitrogens is 2. The topological polar surface area (TPSA) is 53.1 Å². The molecule has 1 aromatic heterocycles. The van der Waals surface area contributed by atoms with E-state index >= 15 is 0 Å². The lowest BCUT2D eigenvalue weighted by molar-refractivity contribution is 0.311. The number of hydrogen-bond acceptors (Lipinski definition) is 3. The van der Waals surface area contributed by atoms with Gasteiger partial charge in [0.2, 0.25) is 0 Å². The largest absolute Gasteiger partial charge is 0.493 e. The van der Waals surface area contributed by atoms with E-state index in [4.69, 9.17) is 22.1 Å². The van der Waals surface area contributed by atoms with E-state index in [2.05, 4.69) is 11.2 Å². The first kappa shape index (κ1) is 12.5. The van der Waals surface area contributed by atoms with Gasteiger partial charge in [0.05, 0.1) is 29.6 Å². The first-order valence-electron chi connectivity index (χ1n) is 6.41. The van der Waals surface area contributed by atoms with E-state index in [0.717, 1.165) is 23.6 Å². The SMILES string of the molecule is CCn1ncc(Cl)c1C(N)C1COc2ccccc21. The highest BCUT2D eigenvalue weighted by atomic mass is 35.5. The molecular formula is C14H16ClN3O. The van der Waals surface area contributed by atoms with Crippen LogP contribution in [0.2, 0.25) is 5.02 Å². The summed E-state index contributed by atoms with van der Waals surface area (Å²) < 4.78 is 7.55. The first-order valence-corrected chi connectivity index (χ1v) is 6.78. The molecule has 2 atom stereocenters. The Morgan fingerprint density at radius 2 is 2.32 bits per heavy atom. The predicted molar refractivity (Wildman–Crippen MR) is 74.5 cm³/mol. The average molecular weight is 278 g/mol. The highest BCUT2D eigenvalue weighted by Crippen LogP contribution is 2.41. The molecule has 2 N–H and O–H groups in total. The van der Waals surface area contributed by atoms with E-state index in [0.29, 0.717) is 11.6 Å². The molecule has 0 saturated heterocycles. The van der Waals surface area contributed by atoms with Gasteiger partial charge in [0.1, 0.15) is 5.75 Å². The molecule has 4 nitrogen and oxygen atoms in total. The van der Waals surface area contributed by atoms with Crippen LogP contribution >= 0.6 is 11.6 Å². The van der Waals surface area contributed by atoms with E-state index in [1.54, 1.807) is 6.20 Å². The number of fused-ring (bicyclic) bond motifs is 1. The van der Waals surface area contributed by atoms with Crippen LogP contribution in [0.25, 0.3) is 0 Å². The van der Waals surface area contributed by atoms with Crippen LogP contribution in [0, 0.1) is 0 Å². The van der Waals surface area contributed by atoms with E-state index in [1.807, 2.05) is 29.8 Å². The molecule has 2 heterocycles. The number of para-hydroxylation sites is 1. The number of nitrogens with zero attached hydrogens (tertiary/aromatic N) is 2. The molecule has 0 fully saturated rings. The molecule has 0 amide bonds. The first-order chi connectivity index (χ1) is 9.22. The molecule has 0 spiro atoms. The number of hydrogen-bond donors (Lipinski definition) is 1. The third kappa shape index (κ3) is 2.01. The molecular weight excluding hydrogens is 262 g/mol. The second kappa shape index (κ2) is 4.87. The summed E-state index contributed by atoms with van der Waals surface area (Å²) >= 11 is 6.22. The lowest BCUT2D eigenvalue weighted by Crippen LogP contribution is -2.24. The fourth-order valence-corrected chi connectivity index (χ4v) is 2.90. The lowest BCUT2D eigenvalue weighted by atomic mass is 9.92. The van der Waals surface area contributed by atoms with E-state index in [1.165, 1.54) is 0 Å². The Hall–Kier alpha value is -1.52. The van der Waals surface area contributed by atoms with Crippen molar-refractivity contribution in [2.45, 2.75) is 25.4 Å². The number of aryl methyl sites for hydroxylation is 1. The minimum Gasteiger partial charge on any atom is -0.493 e. The summed E-state index contributed by atoms with van der Waals surface area (Å²) in [5, 5.41) is 4.87. The second-order valence-corrected chi connectivity index (χ2v) is 5.08. The van der Waals surface area contributed by atoms with Crippen molar-refractivity contribution < 1.29 is 4.74 Å². The summed E-state index contributed by atoms with van der Waals surface area (Å²) in [7, 11) is 0. The van der Waals surface area contributed by atoms with Crippen LogP contribution in [0.4, 0.5) is 0 Å². The molecule has 0 radical (unpaired) electrons. The van der Waals surface area contributed by atoms with Crippen LogP contribution in [0.1, 0.15) is 30.1 Å². The number of halogens is 1. The van der Waals surface area contributed by atoms with Gasteiger partial charge in [0.15, 0.2) is 0 Å². The van der Waals surface area contributed by atoms with Gasteiger partial charge < -0.3 is 10.5 Å². The summed E-state index contributed by atoms with van der Waals surface area (Å²) in [5.41, 5.74) is 8.44. The minimum atomic E-state index is -0.210. The van der Waals surface area contributed by atoms with Crippen molar-refractivity contribution in [1.29, 1.82) is 0 Å². The van der Waals surface area contributed by atoms with Gasteiger partial charge in [-0.25, -0.2) is 0 Å². The molecule has 0 saturated carbocycles. The normalized spacial score (nSPS) is 19.0. The highest BCUT2D eigenvalue weighted by molar-refractivity contribution is 6.31. The maximum atomic E-state index is 6.41. The van der Waals surface area contributed by atoms with Crippen LogP contribution < -0.4 is 10.5 Å². The molecule has 1 aliphatic rings. The van der Waals surface area contributed by atoms with E-state index in [9.17, 15) is 0 Å². The van der Waals surface area contributed by atoms with Gasteiger partial charge in [0.25, 0.3) is 0 Å². The maximum Gasteiger partial charge on any atom is 0.122 e. The van der Waals surface area contributed by atoms with Gasteiger partial charge in [-0.3, -0.25) is 4.68 Å². The van der Waals surface area contributed by atoms with E-state index in [-0.39, 0.29) is 12.0 Å². The van der Waals surface area contributed by atoms with E-state index < -0.39 is 0 Å². The minimum absolute atomic E-state index is 0.121. The van der Waals surface area contributed by atoms with Gasteiger partial charge in [0, 0.05) is 18.0 Å². The zero-order chi connectivity index (χ0) is 13.4. The van der Waals surface area contributed by atoms with Crippen LogP contribution in [-0.2, 0) is 6.54 Å². The lowest BCUT2D eigenvalue weighted by Gasteiger charge is -2.20. The Kier molecular flexibility index (Phi) is 3.21. The van der Waals surface area contributed by atoms with Gasteiger partial charge in [-0.1, -0.05) is 29.8 Å². The summed E-state index contributed by atoms with van der Waals surface area (Å²) in [6.45, 7) is 3.37. The standard InChI is InChI=1S/C14H16ClN3O/c1-2-18-14(11(15)7-17-18)13(16)10-8-19-12-6-4-3-5-9(10)12/h3-7,10,13H,2,8,16H2,1H3. The van der Waals surface area contributed by atoms with Crippen molar-refractivity contribution >= 4 is 11.6 Å². The molecule has 0 bridgehead atoms. The predicted octanol–water partition coefficient (Wildman–Crippen LogP) is 2.73. The molecule has 100 valence electrons.